The third kappa shape index (κ3) is 2.14. The maximum atomic E-state index is 9.83. The number of benzene rings is 1. The molecule has 0 aliphatic heterocycles. The fourth-order valence-corrected chi connectivity index (χ4v) is 1.66. The molecular weight excluding hydrogens is 234 g/mol. The van der Waals surface area contributed by atoms with Crippen LogP contribution in [0.15, 0.2) is 22.7 Å². The smallest absolute Gasteiger partial charge is 0.261 e. The van der Waals surface area contributed by atoms with Crippen LogP contribution in [0.3, 0.4) is 0 Å². The molecule has 6 nitrogen and oxygen atoms in total. The number of methoxy groups -OCH3 is 1. The summed E-state index contributed by atoms with van der Waals surface area (Å²) in [4.78, 5) is 4.21. The molecule has 1 heterocycles. The molecule has 0 aliphatic carbocycles. The van der Waals surface area contributed by atoms with Crippen LogP contribution >= 0.6 is 0 Å². The van der Waals surface area contributed by atoms with E-state index in [9.17, 15) is 5.11 Å². The lowest BCUT2D eigenvalue weighted by Gasteiger charge is -2.06. The van der Waals surface area contributed by atoms with E-state index >= 15 is 0 Å². The van der Waals surface area contributed by atoms with E-state index in [0.717, 1.165) is 6.42 Å². The van der Waals surface area contributed by atoms with E-state index in [-0.39, 0.29) is 23.4 Å². The minimum atomic E-state index is -0.217. The molecule has 6 heteroatoms. The van der Waals surface area contributed by atoms with E-state index in [0.29, 0.717) is 11.4 Å². The molecule has 1 aromatic carbocycles. The molecule has 2 aromatic rings. The summed E-state index contributed by atoms with van der Waals surface area (Å²) in [6.07, 6.45) is 0.518. The molecule has 1 aromatic heterocycles. The summed E-state index contributed by atoms with van der Waals surface area (Å²) < 4.78 is 10.3. The fourth-order valence-electron chi connectivity index (χ4n) is 1.66. The van der Waals surface area contributed by atoms with Crippen molar-refractivity contribution in [2.75, 3.05) is 12.8 Å². The number of rotatable bonds is 4. The Balaban J connectivity index is 2.38. The van der Waals surface area contributed by atoms with Crippen LogP contribution in [-0.4, -0.2) is 22.4 Å². The first-order valence-corrected chi connectivity index (χ1v) is 5.61. The summed E-state index contributed by atoms with van der Waals surface area (Å²) in [7, 11) is 1.59. The number of aromatic nitrogens is 2. The van der Waals surface area contributed by atoms with E-state index in [1.54, 1.807) is 25.3 Å². The molecule has 2 rings (SSSR count). The third-order valence-corrected chi connectivity index (χ3v) is 2.68. The first-order chi connectivity index (χ1) is 8.67. The zero-order valence-corrected chi connectivity index (χ0v) is 10.3. The first-order valence-electron chi connectivity index (χ1n) is 5.61. The SMILES string of the molecule is CCC(OC)c1noc(-c2cccc(N)c2O)n1. The molecule has 0 saturated carbocycles. The molecule has 0 spiro atoms. The summed E-state index contributed by atoms with van der Waals surface area (Å²) >= 11 is 0. The monoisotopic (exact) mass is 249 g/mol. The lowest BCUT2D eigenvalue weighted by atomic mass is 10.1. The molecule has 1 atom stereocenters. The number of para-hydroxylation sites is 1. The molecule has 0 aliphatic rings. The van der Waals surface area contributed by atoms with Gasteiger partial charge in [-0.25, -0.2) is 0 Å². The first kappa shape index (κ1) is 12.4. The normalized spacial score (nSPS) is 12.6. The molecular formula is C12H15N3O3. The van der Waals surface area contributed by atoms with Gasteiger partial charge in [-0.05, 0) is 18.6 Å². The van der Waals surface area contributed by atoms with E-state index in [4.69, 9.17) is 15.0 Å². The number of nitrogens with two attached hydrogens (primary N) is 1. The number of hydrogen-bond donors (Lipinski definition) is 2. The van der Waals surface area contributed by atoms with Crippen LogP contribution in [0, 0.1) is 0 Å². The van der Waals surface area contributed by atoms with Crippen LogP contribution in [0.2, 0.25) is 0 Å². The Morgan fingerprint density at radius 3 is 2.94 bits per heavy atom. The van der Waals surface area contributed by atoms with E-state index in [1.165, 1.54) is 0 Å². The number of anilines is 1. The average molecular weight is 249 g/mol. The van der Waals surface area contributed by atoms with Crippen molar-refractivity contribution in [3.05, 3.63) is 24.0 Å². The van der Waals surface area contributed by atoms with Gasteiger partial charge in [0, 0.05) is 7.11 Å². The van der Waals surface area contributed by atoms with Crippen LogP contribution in [0.1, 0.15) is 25.3 Å². The van der Waals surface area contributed by atoms with Crippen molar-refractivity contribution in [1.29, 1.82) is 0 Å². The summed E-state index contributed by atoms with van der Waals surface area (Å²) in [5.74, 6) is 0.625. The molecule has 0 amide bonds. The predicted octanol–water partition coefficient (Wildman–Crippen LogP) is 2.12. The van der Waals surface area contributed by atoms with Gasteiger partial charge < -0.3 is 20.1 Å². The summed E-state index contributed by atoms with van der Waals surface area (Å²) in [5, 5.41) is 13.7. The molecule has 18 heavy (non-hydrogen) atoms. The molecule has 0 fully saturated rings. The highest BCUT2D eigenvalue weighted by Gasteiger charge is 2.19. The minimum Gasteiger partial charge on any atom is -0.505 e. The Labute approximate surface area is 104 Å². The van der Waals surface area contributed by atoms with Crippen molar-refractivity contribution in [3.8, 4) is 17.2 Å². The lowest BCUT2D eigenvalue weighted by Crippen LogP contribution is -2.01. The van der Waals surface area contributed by atoms with Crippen molar-refractivity contribution in [2.45, 2.75) is 19.4 Å². The molecule has 3 N–H and O–H groups in total. The van der Waals surface area contributed by atoms with E-state index < -0.39 is 0 Å². The number of nitrogen functional groups attached to an aromatic ring is 1. The van der Waals surface area contributed by atoms with Crippen LogP contribution in [0.5, 0.6) is 5.75 Å². The quantitative estimate of drug-likeness (QED) is 0.636. The summed E-state index contributed by atoms with van der Waals surface area (Å²) in [5.41, 5.74) is 6.30. The Bertz CT molecular complexity index is 535. The van der Waals surface area contributed by atoms with Crippen LogP contribution < -0.4 is 5.73 Å². The standard InChI is InChI=1S/C12H15N3O3/c1-3-9(17-2)11-14-12(18-15-11)7-5-4-6-8(13)10(7)16/h4-6,9,16H,3,13H2,1-2H3. The van der Waals surface area contributed by atoms with Gasteiger partial charge in [-0.2, -0.15) is 4.98 Å². The van der Waals surface area contributed by atoms with Gasteiger partial charge in [0.15, 0.2) is 5.75 Å². The number of aromatic hydroxyl groups is 1. The molecule has 0 saturated heterocycles. The Morgan fingerprint density at radius 2 is 2.28 bits per heavy atom. The number of ether oxygens (including phenoxy) is 1. The zero-order valence-electron chi connectivity index (χ0n) is 10.3. The highest BCUT2D eigenvalue weighted by Crippen LogP contribution is 2.33. The predicted molar refractivity (Wildman–Crippen MR) is 65.9 cm³/mol. The van der Waals surface area contributed by atoms with Crippen molar-refractivity contribution >= 4 is 5.69 Å². The Morgan fingerprint density at radius 1 is 1.50 bits per heavy atom. The maximum Gasteiger partial charge on any atom is 0.261 e. The van der Waals surface area contributed by atoms with Crippen molar-refractivity contribution in [2.24, 2.45) is 0 Å². The third-order valence-electron chi connectivity index (χ3n) is 2.68. The lowest BCUT2D eigenvalue weighted by molar-refractivity contribution is 0.0903. The van der Waals surface area contributed by atoms with Gasteiger partial charge in [0.2, 0.25) is 5.82 Å². The van der Waals surface area contributed by atoms with Crippen LogP contribution in [0.4, 0.5) is 5.69 Å². The second kappa shape index (κ2) is 5.05. The highest BCUT2D eigenvalue weighted by molar-refractivity contribution is 5.71. The van der Waals surface area contributed by atoms with Gasteiger partial charge in [0.25, 0.3) is 5.89 Å². The van der Waals surface area contributed by atoms with Crippen molar-refractivity contribution in [1.82, 2.24) is 10.1 Å². The summed E-state index contributed by atoms with van der Waals surface area (Å²) in [6, 6.07) is 4.97. The summed E-state index contributed by atoms with van der Waals surface area (Å²) in [6.45, 7) is 1.96. The molecule has 0 radical (unpaired) electrons. The highest BCUT2D eigenvalue weighted by atomic mass is 16.5. The van der Waals surface area contributed by atoms with Gasteiger partial charge in [0.05, 0.1) is 11.3 Å². The topological polar surface area (TPSA) is 94.4 Å². The van der Waals surface area contributed by atoms with Gasteiger partial charge in [-0.3, -0.25) is 0 Å². The number of hydrogen-bond acceptors (Lipinski definition) is 6. The minimum absolute atomic E-state index is 0.0573. The van der Waals surface area contributed by atoms with E-state index in [1.807, 2.05) is 6.92 Å². The molecule has 96 valence electrons. The van der Waals surface area contributed by atoms with E-state index in [2.05, 4.69) is 10.1 Å². The second-order valence-electron chi connectivity index (χ2n) is 3.83. The number of nitrogens with zero attached hydrogens (tertiary/aromatic N) is 2. The van der Waals surface area contributed by atoms with Gasteiger partial charge in [0.1, 0.15) is 6.10 Å². The Kier molecular flexibility index (Phi) is 3.47. The van der Waals surface area contributed by atoms with Gasteiger partial charge in [-0.15, -0.1) is 0 Å². The van der Waals surface area contributed by atoms with Crippen molar-refractivity contribution in [3.63, 3.8) is 0 Å². The van der Waals surface area contributed by atoms with Crippen LogP contribution in [0.25, 0.3) is 11.5 Å². The van der Waals surface area contributed by atoms with Crippen LogP contribution in [-0.2, 0) is 4.74 Å². The van der Waals surface area contributed by atoms with Gasteiger partial charge >= 0.3 is 0 Å². The second-order valence-corrected chi connectivity index (χ2v) is 3.83. The number of phenols is 1. The Hall–Kier alpha value is -2.08. The van der Waals surface area contributed by atoms with Gasteiger partial charge in [-0.1, -0.05) is 18.1 Å². The zero-order chi connectivity index (χ0) is 13.1. The molecule has 1 unspecified atom stereocenters. The largest absolute Gasteiger partial charge is 0.505 e. The maximum absolute atomic E-state index is 9.83. The fraction of sp³-hybridized carbons (Fsp3) is 0.333. The molecule has 0 bridgehead atoms. The average Bonchev–Trinajstić information content (AvgIpc) is 2.84. The van der Waals surface area contributed by atoms with Crippen molar-refractivity contribution < 1.29 is 14.4 Å². The number of phenolic OH excluding ortho intramolecular Hbond substituents is 1.